The molecule has 1 unspecified atom stereocenters. The van der Waals surface area contributed by atoms with Gasteiger partial charge in [0.15, 0.2) is 4.11 Å². The number of rotatable bonds is 4. The second-order valence-electron chi connectivity index (χ2n) is 4.36. The Kier molecular flexibility index (Phi) is 5.42. The number of halogens is 2. The molecular weight excluding hydrogens is 447 g/mol. The molecule has 1 aromatic heterocycles. The first-order valence-corrected chi connectivity index (χ1v) is 8.21. The van der Waals surface area contributed by atoms with Gasteiger partial charge in [0.2, 0.25) is 0 Å². The van der Waals surface area contributed by atoms with E-state index in [0.29, 0.717) is 12.1 Å². The van der Waals surface area contributed by atoms with Gasteiger partial charge in [-0.1, -0.05) is 6.08 Å². The second kappa shape index (κ2) is 7.09. The van der Waals surface area contributed by atoms with Crippen LogP contribution in [0, 0.1) is 11.3 Å². The molecule has 6 heteroatoms. The lowest BCUT2D eigenvalue weighted by atomic mass is 10.2. The minimum atomic E-state index is -0.294. The maximum atomic E-state index is 10.8. The maximum Gasteiger partial charge on any atom is 0.304 e. The number of benzene rings is 1. The van der Waals surface area contributed by atoms with Crippen LogP contribution in [0.15, 0.2) is 41.0 Å². The first-order valence-electron chi connectivity index (χ1n) is 6.17. The minimum absolute atomic E-state index is 0.268. The number of allylic oxidation sites excluding steroid dienone is 1. The van der Waals surface area contributed by atoms with Crippen LogP contribution < -0.4 is 0 Å². The third-order valence-corrected chi connectivity index (χ3v) is 4.13. The second-order valence-corrected chi connectivity index (χ2v) is 6.44. The maximum absolute atomic E-state index is 10.8. The van der Waals surface area contributed by atoms with Crippen LogP contribution in [-0.2, 0) is 16.1 Å². The molecule has 0 aliphatic rings. The molecule has 2 rings (SSSR count). The van der Waals surface area contributed by atoms with Gasteiger partial charge in [0.05, 0.1) is 11.6 Å². The number of esters is 1. The van der Waals surface area contributed by atoms with E-state index in [9.17, 15) is 4.79 Å². The Morgan fingerprint density at radius 3 is 3.05 bits per heavy atom. The number of carbonyl (C=O) groups excluding carboxylic acids is 1. The third kappa shape index (κ3) is 4.08. The minimum Gasteiger partial charge on any atom is -0.448 e. The van der Waals surface area contributed by atoms with Gasteiger partial charge in [-0.15, -0.1) is 0 Å². The van der Waals surface area contributed by atoms with Crippen LogP contribution in [-0.4, -0.2) is 14.6 Å². The number of nitriles is 1. The fourth-order valence-corrected chi connectivity index (χ4v) is 3.17. The Hall–Kier alpha value is -1.33. The van der Waals surface area contributed by atoms with Crippen LogP contribution in [0.2, 0.25) is 0 Å². The number of fused-ring (bicyclic) bond motifs is 1. The Bertz CT molecular complexity index is 746. The van der Waals surface area contributed by atoms with Crippen LogP contribution in [0.3, 0.4) is 0 Å². The van der Waals surface area contributed by atoms with Gasteiger partial charge in [0, 0.05) is 35.0 Å². The van der Waals surface area contributed by atoms with Gasteiger partial charge in [-0.3, -0.25) is 4.79 Å². The van der Waals surface area contributed by atoms with Gasteiger partial charge in [-0.05, 0) is 62.8 Å². The first kappa shape index (κ1) is 16.0. The number of aromatic nitrogens is 1. The highest BCUT2D eigenvalue weighted by molar-refractivity contribution is 14.1. The zero-order valence-electron chi connectivity index (χ0n) is 11.2. The van der Waals surface area contributed by atoms with Crippen molar-refractivity contribution in [3.05, 3.63) is 46.6 Å². The van der Waals surface area contributed by atoms with Gasteiger partial charge < -0.3 is 9.30 Å². The Labute approximate surface area is 144 Å². The molecule has 4 nitrogen and oxygen atoms in total. The Morgan fingerprint density at radius 1 is 1.62 bits per heavy atom. The van der Waals surface area contributed by atoms with Gasteiger partial charge >= 0.3 is 5.97 Å². The number of alkyl halides is 1. The highest BCUT2D eigenvalue weighted by Gasteiger charge is 2.07. The van der Waals surface area contributed by atoms with E-state index in [2.05, 4.69) is 26.6 Å². The quantitative estimate of drug-likeness (QED) is 0.299. The van der Waals surface area contributed by atoms with Gasteiger partial charge in [0.25, 0.3) is 0 Å². The standard InChI is InChI=1S/C15H12BrIN2O2/c1-10(20)21-15(17)3-2-6-19-9-13(16)12-7-11(8-18)4-5-14(12)19/h2-5,7,9,15H,6H2,1H3. The molecule has 2 aromatic rings. The SMILES string of the molecule is CC(=O)OC(I)C=CCn1cc(Br)c2cc(C#N)ccc21. The van der Waals surface area contributed by atoms with E-state index in [1.165, 1.54) is 6.92 Å². The molecule has 1 aromatic carbocycles. The summed E-state index contributed by atoms with van der Waals surface area (Å²) in [6.07, 6.45) is 5.76. The Morgan fingerprint density at radius 2 is 2.38 bits per heavy atom. The number of ether oxygens (including phenoxy) is 1. The van der Waals surface area contributed by atoms with E-state index in [4.69, 9.17) is 10.00 Å². The molecule has 21 heavy (non-hydrogen) atoms. The van der Waals surface area contributed by atoms with Gasteiger partial charge in [0.1, 0.15) is 0 Å². The monoisotopic (exact) mass is 458 g/mol. The summed E-state index contributed by atoms with van der Waals surface area (Å²) in [5.41, 5.74) is 1.68. The van der Waals surface area contributed by atoms with Gasteiger partial charge in [-0.25, -0.2) is 0 Å². The Balaban J connectivity index is 2.18. The summed E-state index contributed by atoms with van der Waals surface area (Å²) in [5, 5.41) is 9.95. The fourth-order valence-electron chi connectivity index (χ4n) is 1.95. The van der Waals surface area contributed by atoms with E-state index in [1.54, 1.807) is 6.07 Å². The molecule has 1 atom stereocenters. The molecule has 0 bridgehead atoms. The average Bonchev–Trinajstić information content (AvgIpc) is 2.74. The highest BCUT2D eigenvalue weighted by atomic mass is 127. The predicted octanol–water partition coefficient (Wildman–Crippen LogP) is 4.16. The lowest BCUT2D eigenvalue weighted by Crippen LogP contribution is -2.06. The predicted molar refractivity (Wildman–Crippen MR) is 93.1 cm³/mol. The summed E-state index contributed by atoms with van der Waals surface area (Å²) in [5.74, 6) is -0.294. The van der Waals surface area contributed by atoms with Crippen molar-refractivity contribution in [2.75, 3.05) is 0 Å². The lowest BCUT2D eigenvalue weighted by molar-refractivity contribution is -0.140. The van der Waals surface area contributed by atoms with Gasteiger partial charge in [-0.2, -0.15) is 5.26 Å². The largest absolute Gasteiger partial charge is 0.448 e. The summed E-state index contributed by atoms with van der Waals surface area (Å²) in [6, 6.07) is 7.73. The summed E-state index contributed by atoms with van der Waals surface area (Å²) >= 11 is 5.56. The average molecular weight is 459 g/mol. The van der Waals surface area contributed by atoms with Crippen molar-refractivity contribution in [1.82, 2.24) is 4.57 Å². The van der Waals surface area contributed by atoms with Crippen molar-refractivity contribution in [2.24, 2.45) is 0 Å². The highest BCUT2D eigenvalue weighted by Crippen LogP contribution is 2.27. The molecule has 108 valence electrons. The third-order valence-electron chi connectivity index (χ3n) is 2.83. The van der Waals surface area contributed by atoms with Crippen LogP contribution in [0.25, 0.3) is 10.9 Å². The molecule has 0 radical (unpaired) electrons. The van der Waals surface area contributed by atoms with Crippen LogP contribution in [0.1, 0.15) is 12.5 Å². The number of hydrogen-bond donors (Lipinski definition) is 0. The smallest absolute Gasteiger partial charge is 0.304 e. The van der Waals surface area contributed by atoms with Crippen molar-refractivity contribution in [2.45, 2.75) is 17.6 Å². The summed E-state index contributed by atoms with van der Waals surface area (Å²) in [4.78, 5) is 10.8. The molecule has 0 saturated heterocycles. The number of carbonyl (C=O) groups is 1. The van der Waals surface area contributed by atoms with Crippen LogP contribution in [0.4, 0.5) is 0 Å². The molecule has 0 aliphatic carbocycles. The summed E-state index contributed by atoms with van der Waals surface area (Å²) in [6.45, 7) is 2.05. The van der Waals surface area contributed by atoms with Crippen molar-refractivity contribution in [1.29, 1.82) is 5.26 Å². The van der Waals surface area contributed by atoms with Crippen molar-refractivity contribution < 1.29 is 9.53 Å². The van der Waals surface area contributed by atoms with E-state index >= 15 is 0 Å². The fraction of sp³-hybridized carbons (Fsp3) is 0.200. The van der Waals surface area contributed by atoms with Crippen molar-refractivity contribution in [3.63, 3.8) is 0 Å². The summed E-state index contributed by atoms with van der Waals surface area (Å²) < 4.78 is 7.77. The van der Waals surface area contributed by atoms with Crippen LogP contribution >= 0.6 is 38.5 Å². The topological polar surface area (TPSA) is 55.0 Å². The van der Waals surface area contributed by atoms with Crippen molar-refractivity contribution >= 4 is 55.4 Å². The number of hydrogen-bond acceptors (Lipinski definition) is 3. The molecule has 0 fully saturated rings. The lowest BCUT2D eigenvalue weighted by Gasteiger charge is -2.05. The summed E-state index contributed by atoms with van der Waals surface area (Å²) in [7, 11) is 0. The molecule has 0 aliphatic heterocycles. The molecule has 0 saturated carbocycles. The molecule has 0 amide bonds. The number of nitrogens with zero attached hydrogens (tertiary/aromatic N) is 2. The normalized spacial score (nSPS) is 12.5. The molecule has 0 N–H and O–H groups in total. The first-order chi connectivity index (χ1) is 10.0. The van der Waals surface area contributed by atoms with E-state index < -0.39 is 0 Å². The van der Waals surface area contributed by atoms with Crippen molar-refractivity contribution in [3.8, 4) is 6.07 Å². The molecular formula is C15H12BrIN2O2. The molecule has 0 spiro atoms. The zero-order chi connectivity index (χ0) is 15.4. The van der Waals surface area contributed by atoms with E-state index in [1.807, 2.05) is 53.1 Å². The zero-order valence-corrected chi connectivity index (χ0v) is 15.0. The van der Waals surface area contributed by atoms with Crippen LogP contribution in [0.5, 0.6) is 0 Å². The van der Waals surface area contributed by atoms with E-state index in [-0.39, 0.29) is 10.1 Å². The molecule has 1 heterocycles. The van der Waals surface area contributed by atoms with E-state index in [0.717, 1.165) is 15.4 Å².